The number of non-ortho nitro benzene ring substituents is 1. The Morgan fingerprint density at radius 3 is 2.89 bits per heavy atom. The second-order valence-corrected chi connectivity index (χ2v) is 6.58. The number of carbonyl (C=O) groups excluding carboxylic acids is 1. The molecule has 0 atom stereocenters. The summed E-state index contributed by atoms with van der Waals surface area (Å²) in [5.74, 6) is 3.10. The third-order valence-electron chi connectivity index (χ3n) is 3.94. The van der Waals surface area contributed by atoms with Crippen molar-refractivity contribution in [1.29, 1.82) is 0 Å². The van der Waals surface area contributed by atoms with Crippen LogP contribution in [0.2, 0.25) is 0 Å². The Kier molecular flexibility index (Phi) is 4.10. The highest BCUT2D eigenvalue weighted by Gasteiger charge is 2.17. The maximum absolute atomic E-state index is 12.6. The van der Waals surface area contributed by atoms with Crippen LogP contribution in [0.3, 0.4) is 0 Å². The molecule has 134 valence electrons. The number of nitro benzene ring substituents is 1. The Hall–Kier alpha value is -3.64. The number of nitro groups is 1. The maximum atomic E-state index is 12.6. The lowest BCUT2D eigenvalue weighted by Crippen LogP contribution is -2.16. The highest BCUT2D eigenvalue weighted by molar-refractivity contribution is 7.16. The highest BCUT2D eigenvalue weighted by atomic mass is 32.1. The summed E-state index contributed by atoms with van der Waals surface area (Å²) in [5.41, 5.74) is 0.987. The van der Waals surface area contributed by atoms with Crippen molar-refractivity contribution < 1.29 is 19.2 Å². The van der Waals surface area contributed by atoms with Crippen molar-refractivity contribution in [3.63, 3.8) is 0 Å². The van der Waals surface area contributed by atoms with E-state index < -0.39 is 10.8 Å². The van der Waals surface area contributed by atoms with Crippen LogP contribution in [0.15, 0.2) is 41.4 Å². The van der Waals surface area contributed by atoms with Gasteiger partial charge in [-0.2, -0.15) is 4.99 Å². The minimum atomic E-state index is -0.473. The smallest absolute Gasteiger partial charge is 0.279 e. The summed E-state index contributed by atoms with van der Waals surface area (Å²) < 4.78 is 12.8. The predicted octanol–water partition coefficient (Wildman–Crippen LogP) is 2.71. The number of thiazole rings is 1. The van der Waals surface area contributed by atoms with E-state index in [0.29, 0.717) is 32.1 Å². The molecule has 0 saturated heterocycles. The lowest BCUT2D eigenvalue weighted by molar-refractivity contribution is -0.384. The Labute approximate surface area is 156 Å². The number of ether oxygens (including phenoxy) is 2. The number of aromatic nitrogens is 1. The summed E-state index contributed by atoms with van der Waals surface area (Å²) in [6, 6.07) is 9.25. The summed E-state index contributed by atoms with van der Waals surface area (Å²) in [6.07, 6.45) is 5.43. The molecule has 1 aromatic heterocycles. The number of amides is 1. The lowest BCUT2D eigenvalue weighted by Gasteiger charge is -2.00. The average Bonchev–Trinajstić information content (AvgIpc) is 3.25. The molecule has 0 fully saturated rings. The molecule has 3 aromatic rings. The molecule has 4 rings (SSSR count). The van der Waals surface area contributed by atoms with E-state index in [0.717, 1.165) is 11.3 Å². The van der Waals surface area contributed by atoms with Gasteiger partial charge in [-0.1, -0.05) is 17.3 Å². The van der Waals surface area contributed by atoms with Crippen molar-refractivity contribution in [3.05, 3.63) is 56.9 Å². The largest absolute Gasteiger partial charge is 0.454 e. The first kappa shape index (κ1) is 16.8. The monoisotopic (exact) mass is 381 g/mol. The number of rotatable bonds is 3. The Morgan fingerprint density at radius 1 is 1.30 bits per heavy atom. The van der Waals surface area contributed by atoms with Gasteiger partial charge in [0.15, 0.2) is 16.3 Å². The minimum Gasteiger partial charge on any atom is -0.454 e. The molecule has 8 nitrogen and oxygen atoms in total. The quantitative estimate of drug-likeness (QED) is 0.395. The second kappa shape index (κ2) is 6.59. The number of carbonyl (C=O) groups is 1. The van der Waals surface area contributed by atoms with Crippen molar-refractivity contribution in [2.45, 2.75) is 6.54 Å². The number of hydrogen-bond donors (Lipinski definition) is 0. The Balaban J connectivity index is 1.81. The lowest BCUT2D eigenvalue weighted by atomic mass is 10.2. The third-order valence-corrected chi connectivity index (χ3v) is 4.98. The van der Waals surface area contributed by atoms with Crippen molar-refractivity contribution in [2.24, 2.45) is 4.99 Å². The number of benzene rings is 2. The summed E-state index contributed by atoms with van der Waals surface area (Å²) in [4.78, 5) is 27.6. The molecule has 2 aromatic carbocycles. The van der Waals surface area contributed by atoms with Gasteiger partial charge in [0, 0.05) is 17.7 Å². The van der Waals surface area contributed by atoms with Crippen LogP contribution < -0.4 is 14.3 Å². The average molecular weight is 381 g/mol. The molecule has 0 radical (unpaired) electrons. The van der Waals surface area contributed by atoms with Gasteiger partial charge in [-0.05, 0) is 24.3 Å². The van der Waals surface area contributed by atoms with Gasteiger partial charge in [0.05, 0.1) is 21.7 Å². The molecular weight excluding hydrogens is 370 g/mol. The van der Waals surface area contributed by atoms with Gasteiger partial charge in [0.25, 0.3) is 11.6 Å². The van der Waals surface area contributed by atoms with Crippen LogP contribution in [-0.2, 0) is 6.54 Å². The second-order valence-electron chi connectivity index (χ2n) is 5.57. The molecule has 9 heteroatoms. The molecule has 1 aliphatic rings. The molecule has 0 bridgehead atoms. The zero-order valence-corrected chi connectivity index (χ0v) is 14.6. The van der Waals surface area contributed by atoms with Crippen LogP contribution >= 0.6 is 11.3 Å². The third kappa shape index (κ3) is 3.02. The summed E-state index contributed by atoms with van der Waals surface area (Å²) in [6.45, 7) is 0.298. The van der Waals surface area contributed by atoms with Gasteiger partial charge >= 0.3 is 0 Å². The fraction of sp³-hybridized carbons (Fsp3) is 0.111. The molecule has 1 amide bonds. The van der Waals surface area contributed by atoms with E-state index in [-0.39, 0.29) is 19.0 Å². The maximum Gasteiger partial charge on any atom is 0.279 e. The summed E-state index contributed by atoms with van der Waals surface area (Å²) in [7, 11) is 0. The molecule has 1 aliphatic heterocycles. The molecule has 27 heavy (non-hydrogen) atoms. The van der Waals surface area contributed by atoms with Crippen LogP contribution in [0.4, 0.5) is 5.69 Å². The standard InChI is InChI=1S/C18H11N3O5S/c1-2-7-20-13-5-4-12(21(23)24)9-16(13)27-18(20)19-17(22)11-3-6-14-15(8-11)26-10-25-14/h1,3-6,8-9H,7,10H2. The first-order valence-electron chi connectivity index (χ1n) is 7.77. The van der Waals surface area contributed by atoms with E-state index in [1.165, 1.54) is 12.1 Å². The number of fused-ring (bicyclic) bond motifs is 2. The van der Waals surface area contributed by atoms with Gasteiger partial charge in [-0.25, -0.2) is 0 Å². The molecular formula is C18H11N3O5S. The molecule has 0 saturated carbocycles. The predicted molar refractivity (Wildman–Crippen MR) is 97.8 cm³/mol. The minimum absolute atomic E-state index is 0.0368. The fourth-order valence-corrected chi connectivity index (χ4v) is 3.75. The molecule has 0 unspecified atom stereocenters. The molecule has 0 N–H and O–H groups in total. The van der Waals surface area contributed by atoms with Crippen LogP contribution in [0.5, 0.6) is 11.5 Å². The van der Waals surface area contributed by atoms with Crippen LogP contribution in [0, 0.1) is 22.5 Å². The highest BCUT2D eigenvalue weighted by Crippen LogP contribution is 2.32. The van der Waals surface area contributed by atoms with Crippen LogP contribution in [0.25, 0.3) is 10.2 Å². The van der Waals surface area contributed by atoms with E-state index in [1.54, 1.807) is 28.8 Å². The van der Waals surface area contributed by atoms with Crippen molar-refractivity contribution in [2.75, 3.05) is 6.79 Å². The fourth-order valence-electron chi connectivity index (χ4n) is 2.69. The SMILES string of the molecule is C#CCn1c(=NC(=O)c2ccc3c(c2)OCO3)sc2cc([N+](=O)[O-])ccc21. The van der Waals surface area contributed by atoms with Gasteiger partial charge in [0.2, 0.25) is 6.79 Å². The van der Waals surface area contributed by atoms with Gasteiger partial charge in [-0.15, -0.1) is 6.42 Å². The van der Waals surface area contributed by atoms with E-state index in [1.807, 2.05) is 0 Å². The van der Waals surface area contributed by atoms with Gasteiger partial charge < -0.3 is 14.0 Å². The van der Waals surface area contributed by atoms with Crippen LogP contribution in [0.1, 0.15) is 10.4 Å². The van der Waals surface area contributed by atoms with E-state index in [4.69, 9.17) is 15.9 Å². The van der Waals surface area contributed by atoms with Crippen molar-refractivity contribution in [3.8, 4) is 23.8 Å². The zero-order valence-electron chi connectivity index (χ0n) is 13.7. The number of nitrogens with zero attached hydrogens (tertiary/aromatic N) is 3. The van der Waals surface area contributed by atoms with Gasteiger partial charge in [-0.3, -0.25) is 14.9 Å². The molecule has 2 heterocycles. The first-order chi connectivity index (χ1) is 13.1. The summed E-state index contributed by atoms with van der Waals surface area (Å²) in [5, 5.41) is 11.0. The van der Waals surface area contributed by atoms with Crippen molar-refractivity contribution >= 4 is 33.1 Å². The molecule has 0 aliphatic carbocycles. The van der Waals surface area contributed by atoms with Crippen LogP contribution in [-0.4, -0.2) is 22.2 Å². The first-order valence-corrected chi connectivity index (χ1v) is 8.58. The Morgan fingerprint density at radius 2 is 2.11 bits per heavy atom. The van der Waals surface area contributed by atoms with E-state index in [2.05, 4.69) is 10.9 Å². The number of hydrogen-bond acceptors (Lipinski definition) is 6. The summed E-state index contributed by atoms with van der Waals surface area (Å²) >= 11 is 1.16. The van der Waals surface area contributed by atoms with E-state index in [9.17, 15) is 14.9 Å². The number of terminal acetylenes is 1. The zero-order chi connectivity index (χ0) is 19.0. The Bertz CT molecular complexity index is 1200. The van der Waals surface area contributed by atoms with Gasteiger partial charge in [0.1, 0.15) is 0 Å². The van der Waals surface area contributed by atoms with Crippen molar-refractivity contribution in [1.82, 2.24) is 4.57 Å². The molecule has 0 spiro atoms. The normalized spacial score (nSPS) is 12.9. The topological polar surface area (TPSA) is 96.0 Å². The van der Waals surface area contributed by atoms with E-state index >= 15 is 0 Å².